The minimum Gasteiger partial charge on any atom is -0.491 e. The van der Waals surface area contributed by atoms with Gasteiger partial charge in [0.2, 0.25) is 10.0 Å². The maximum atomic E-state index is 12.2. The fourth-order valence-corrected chi connectivity index (χ4v) is 3.43. The van der Waals surface area contributed by atoms with E-state index >= 15 is 0 Å². The predicted octanol–water partition coefficient (Wildman–Crippen LogP) is 2.03. The van der Waals surface area contributed by atoms with Crippen molar-refractivity contribution in [3.8, 4) is 5.75 Å². The molecule has 2 rings (SSSR count). The molecule has 0 radical (unpaired) electrons. The highest BCUT2D eigenvalue weighted by molar-refractivity contribution is 7.89. The van der Waals surface area contributed by atoms with E-state index in [-0.39, 0.29) is 17.5 Å². The molecule has 1 heterocycles. The lowest BCUT2D eigenvalue weighted by molar-refractivity contribution is 0.242. The number of aromatic nitrogens is 1. The number of ether oxygens (including phenoxy) is 1. The molecular formula is C14H19N3O3S2. The van der Waals surface area contributed by atoms with E-state index in [0.29, 0.717) is 17.3 Å². The summed E-state index contributed by atoms with van der Waals surface area (Å²) in [5, 5.41) is 2.31. The largest absolute Gasteiger partial charge is 0.491 e. The van der Waals surface area contributed by atoms with Gasteiger partial charge in [0, 0.05) is 18.3 Å². The number of nitrogen functional groups attached to an aromatic ring is 1. The summed E-state index contributed by atoms with van der Waals surface area (Å²) in [6, 6.07) is 6.35. The van der Waals surface area contributed by atoms with Crippen molar-refractivity contribution in [1.82, 2.24) is 9.71 Å². The molecule has 8 heteroatoms. The number of benzene rings is 1. The van der Waals surface area contributed by atoms with Gasteiger partial charge in [0.25, 0.3) is 0 Å². The van der Waals surface area contributed by atoms with Crippen LogP contribution in [0.15, 0.2) is 34.5 Å². The van der Waals surface area contributed by atoms with Gasteiger partial charge in [-0.05, 0) is 38.1 Å². The van der Waals surface area contributed by atoms with E-state index in [4.69, 9.17) is 10.5 Å². The number of nitrogens with one attached hydrogen (secondary N) is 1. The first-order chi connectivity index (χ1) is 10.4. The third-order valence-electron chi connectivity index (χ3n) is 2.75. The Balaban J connectivity index is 1.94. The molecule has 0 aliphatic carbocycles. The van der Waals surface area contributed by atoms with Crippen molar-refractivity contribution >= 4 is 26.5 Å². The topological polar surface area (TPSA) is 94.3 Å². The van der Waals surface area contributed by atoms with Crippen LogP contribution in [0.3, 0.4) is 0 Å². The van der Waals surface area contributed by atoms with Gasteiger partial charge in [-0.25, -0.2) is 18.1 Å². The van der Waals surface area contributed by atoms with Crippen LogP contribution in [0.2, 0.25) is 0 Å². The first-order valence-electron chi connectivity index (χ1n) is 6.83. The highest BCUT2D eigenvalue weighted by Gasteiger charge is 2.14. The van der Waals surface area contributed by atoms with Crippen LogP contribution in [0.25, 0.3) is 0 Å². The van der Waals surface area contributed by atoms with E-state index in [1.165, 1.54) is 23.5 Å². The number of anilines is 1. The highest BCUT2D eigenvalue weighted by atomic mass is 32.2. The Morgan fingerprint density at radius 3 is 2.55 bits per heavy atom. The predicted molar refractivity (Wildman–Crippen MR) is 87.6 cm³/mol. The lowest BCUT2D eigenvalue weighted by Crippen LogP contribution is -2.26. The van der Waals surface area contributed by atoms with Crippen LogP contribution < -0.4 is 15.2 Å². The zero-order valence-corrected chi connectivity index (χ0v) is 14.1. The second-order valence-electron chi connectivity index (χ2n) is 4.96. The Bertz CT molecular complexity index is 709. The Kier molecular flexibility index (Phi) is 5.38. The summed E-state index contributed by atoms with van der Waals surface area (Å²) in [4.78, 5) is 4.30. The van der Waals surface area contributed by atoms with Crippen LogP contribution in [-0.4, -0.2) is 26.1 Å². The van der Waals surface area contributed by atoms with Crippen LogP contribution >= 0.6 is 11.3 Å². The summed E-state index contributed by atoms with van der Waals surface area (Å²) >= 11 is 1.34. The minimum atomic E-state index is -3.53. The normalized spacial score (nSPS) is 11.8. The number of sulfonamides is 1. The first-order valence-corrected chi connectivity index (χ1v) is 9.19. The maximum absolute atomic E-state index is 12.2. The second-order valence-corrected chi connectivity index (χ2v) is 7.62. The molecule has 120 valence electrons. The van der Waals surface area contributed by atoms with Crippen molar-refractivity contribution < 1.29 is 13.2 Å². The quantitative estimate of drug-likeness (QED) is 0.803. The van der Waals surface area contributed by atoms with Gasteiger partial charge in [-0.3, -0.25) is 0 Å². The molecule has 1 aromatic carbocycles. The van der Waals surface area contributed by atoms with Gasteiger partial charge in [0.15, 0.2) is 5.13 Å². The van der Waals surface area contributed by atoms with Gasteiger partial charge in [0.05, 0.1) is 16.7 Å². The number of nitrogens with zero attached hydrogens (tertiary/aromatic N) is 1. The Hall–Kier alpha value is -1.64. The van der Waals surface area contributed by atoms with Crippen molar-refractivity contribution in [1.29, 1.82) is 0 Å². The minimum absolute atomic E-state index is 0.0473. The molecular weight excluding hydrogens is 322 g/mol. The van der Waals surface area contributed by atoms with E-state index < -0.39 is 10.0 Å². The number of hydrogen-bond donors (Lipinski definition) is 2. The summed E-state index contributed by atoms with van der Waals surface area (Å²) in [7, 11) is -3.53. The molecule has 6 nitrogen and oxygen atoms in total. The fourth-order valence-electron chi connectivity index (χ4n) is 1.80. The van der Waals surface area contributed by atoms with Crippen molar-refractivity contribution in [3.05, 3.63) is 35.3 Å². The van der Waals surface area contributed by atoms with Gasteiger partial charge >= 0.3 is 0 Å². The number of hydrogen-bond acceptors (Lipinski definition) is 6. The number of thiazole rings is 1. The second kappa shape index (κ2) is 7.08. The molecule has 3 N–H and O–H groups in total. The summed E-state index contributed by atoms with van der Waals surface area (Å²) in [6.45, 7) is 4.10. The molecule has 0 aliphatic rings. The van der Waals surface area contributed by atoms with Crippen molar-refractivity contribution in [2.45, 2.75) is 31.3 Å². The Labute approximate surface area is 134 Å². The van der Waals surface area contributed by atoms with Crippen LogP contribution in [0, 0.1) is 0 Å². The number of rotatable bonds is 7. The Morgan fingerprint density at radius 1 is 1.32 bits per heavy atom. The van der Waals surface area contributed by atoms with Crippen LogP contribution in [-0.2, 0) is 16.4 Å². The molecule has 0 spiro atoms. The van der Waals surface area contributed by atoms with Crippen LogP contribution in [0.5, 0.6) is 5.75 Å². The average Bonchev–Trinajstić information content (AvgIpc) is 2.84. The van der Waals surface area contributed by atoms with Gasteiger partial charge in [-0.15, -0.1) is 11.3 Å². The molecule has 1 aromatic heterocycles. The molecule has 0 unspecified atom stereocenters. The summed E-state index contributed by atoms with van der Waals surface area (Å²) in [5.74, 6) is 0.645. The van der Waals surface area contributed by atoms with E-state index in [0.717, 1.165) is 5.69 Å². The first kappa shape index (κ1) is 16.7. The van der Waals surface area contributed by atoms with E-state index in [2.05, 4.69) is 9.71 Å². The highest BCUT2D eigenvalue weighted by Crippen LogP contribution is 2.17. The lowest BCUT2D eigenvalue weighted by atomic mass is 10.3. The molecule has 0 atom stereocenters. The third kappa shape index (κ3) is 4.69. The fraction of sp³-hybridized carbons (Fsp3) is 0.357. The third-order valence-corrected chi connectivity index (χ3v) is 4.95. The molecule has 0 aliphatic heterocycles. The van der Waals surface area contributed by atoms with Crippen molar-refractivity contribution in [2.24, 2.45) is 0 Å². The van der Waals surface area contributed by atoms with Crippen LogP contribution in [0.1, 0.15) is 19.5 Å². The van der Waals surface area contributed by atoms with Crippen LogP contribution in [0.4, 0.5) is 5.13 Å². The molecule has 0 saturated heterocycles. The average molecular weight is 341 g/mol. The Morgan fingerprint density at radius 2 is 2.00 bits per heavy atom. The summed E-state index contributed by atoms with van der Waals surface area (Å²) in [6.07, 6.45) is 0.549. The number of nitrogens with two attached hydrogens (primary N) is 1. The summed E-state index contributed by atoms with van der Waals surface area (Å²) in [5.41, 5.74) is 6.32. The monoisotopic (exact) mass is 341 g/mol. The van der Waals surface area contributed by atoms with E-state index in [1.807, 2.05) is 19.2 Å². The van der Waals surface area contributed by atoms with E-state index in [1.54, 1.807) is 12.1 Å². The SMILES string of the molecule is CC(C)Oc1ccc(S(=O)(=O)NCCc2csc(N)n2)cc1. The van der Waals surface area contributed by atoms with Gasteiger partial charge in [-0.2, -0.15) is 0 Å². The molecule has 0 bridgehead atoms. The van der Waals surface area contributed by atoms with Gasteiger partial charge in [-0.1, -0.05) is 0 Å². The molecule has 0 amide bonds. The molecule has 0 fully saturated rings. The standard InChI is InChI=1S/C14H19N3O3S2/c1-10(2)20-12-3-5-13(6-4-12)22(18,19)16-8-7-11-9-21-14(15)17-11/h3-6,9-10,16H,7-8H2,1-2H3,(H2,15,17). The lowest BCUT2D eigenvalue weighted by Gasteiger charge is -2.10. The smallest absolute Gasteiger partial charge is 0.240 e. The van der Waals surface area contributed by atoms with Gasteiger partial charge < -0.3 is 10.5 Å². The molecule has 2 aromatic rings. The summed E-state index contributed by atoms with van der Waals surface area (Å²) < 4.78 is 32.4. The molecule has 0 saturated carbocycles. The zero-order valence-electron chi connectivity index (χ0n) is 12.4. The maximum Gasteiger partial charge on any atom is 0.240 e. The zero-order chi connectivity index (χ0) is 16.2. The van der Waals surface area contributed by atoms with Crippen molar-refractivity contribution in [2.75, 3.05) is 12.3 Å². The molecule has 22 heavy (non-hydrogen) atoms. The van der Waals surface area contributed by atoms with E-state index in [9.17, 15) is 8.42 Å². The van der Waals surface area contributed by atoms with Gasteiger partial charge in [0.1, 0.15) is 5.75 Å². The van der Waals surface area contributed by atoms with Crippen molar-refractivity contribution in [3.63, 3.8) is 0 Å².